The number of anilines is 1. The van der Waals surface area contributed by atoms with Crippen LogP contribution in [0.2, 0.25) is 0 Å². The second-order valence-electron chi connectivity index (χ2n) is 7.07. The third kappa shape index (κ3) is 2.20. The molecule has 1 spiro atoms. The number of nitriles is 2. The molecule has 1 fully saturated rings. The summed E-state index contributed by atoms with van der Waals surface area (Å²) in [7, 11) is 0. The monoisotopic (exact) mass is 311 g/mol. The van der Waals surface area contributed by atoms with Gasteiger partial charge in [0.25, 0.3) is 0 Å². The van der Waals surface area contributed by atoms with Crippen LogP contribution in [0.4, 0.5) is 5.82 Å². The number of nitrogens with one attached hydrogen (secondary N) is 1. The standard InChI is InChI=1S/C16H17N5O2/c1-15(2)5-12(22)16(13(23)6-15)8-19-14-10(7-18)11(3-4-17)20-21(14)9-16/h19H,3,5-6,8-9H2,1-2H3. The van der Waals surface area contributed by atoms with Gasteiger partial charge < -0.3 is 5.32 Å². The van der Waals surface area contributed by atoms with E-state index in [1.807, 2.05) is 26.0 Å². The lowest BCUT2D eigenvalue weighted by molar-refractivity contribution is -0.148. The normalized spacial score (nSPS) is 21.2. The van der Waals surface area contributed by atoms with Crippen molar-refractivity contribution < 1.29 is 9.59 Å². The van der Waals surface area contributed by atoms with Crippen LogP contribution >= 0.6 is 0 Å². The second kappa shape index (κ2) is 4.92. The lowest BCUT2D eigenvalue weighted by atomic mass is 9.63. The van der Waals surface area contributed by atoms with Crippen LogP contribution < -0.4 is 5.32 Å². The minimum absolute atomic E-state index is 0.0203. The highest BCUT2D eigenvalue weighted by atomic mass is 16.2. The average molecular weight is 311 g/mol. The lowest BCUT2D eigenvalue weighted by Gasteiger charge is -2.43. The molecule has 1 aliphatic carbocycles. The summed E-state index contributed by atoms with van der Waals surface area (Å²) in [5.41, 5.74) is -0.721. The number of hydrogen-bond donors (Lipinski definition) is 1. The van der Waals surface area contributed by atoms with E-state index in [1.165, 1.54) is 4.68 Å². The van der Waals surface area contributed by atoms with Crippen LogP contribution in [0.3, 0.4) is 0 Å². The molecule has 1 aromatic heterocycles. The van der Waals surface area contributed by atoms with Crippen LogP contribution in [-0.2, 0) is 22.6 Å². The fourth-order valence-electron chi connectivity index (χ4n) is 3.47. The molecule has 0 unspecified atom stereocenters. The van der Waals surface area contributed by atoms with E-state index in [9.17, 15) is 14.9 Å². The largest absolute Gasteiger partial charge is 0.368 e. The van der Waals surface area contributed by atoms with Crippen molar-refractivity contribution >= 4 is 17.4 Å². The Balaban J connectivity index is 2.01. The first-order valence-corrected chi connectivity index (χ1v) is 7.50. The Morgan fingerprint density at radius 1 is 1.26 bits per heavy atom. The second-order valence-corrected chi connectivity index (χ2v) is 7.07. The molecule has 1 N–H and O–H groups in total. The molecule has 0 amide bonds. The molecule has 1 aliphatic heterocycles. The van der Waals surface area contributed by atoms with E-state index >= 15 is 0 Å². The zero-order valence-electron chi connectivity index (χ0n) is 13.1. The number of carbonyl (C=O) groups excluding carboxylic acids is 2. The van der Waals surface area contributed by atoms with E-state index < -0.39 is 5.41 Å². The number of rotatable bonds is 1. The summed E-state index contributed by atoms with van der Waals surface area (Å²) >= 11 is 0. The summed E-state index contributed by atoms with van der Waals surface area (Å²) in [6, 6.07) is 4.03. The minimum Gasteiger partial charge on any atom is -0.368 e. The van der Waals surface area contributed by atoms with Gasteiger partial charge in [0.2, 0.25) is 0 Å². The summed E-state index contributed by atoms with van der Waals surface area (Å²) in [5.74, 6) is 0.342. The summed E-state index contributed by atoms with van der Waals surface area (Å²) in [4.78, 5) is 25.3. The molecule has 7 nitrogen and oxygen atoms in total. The molecule has 1 aromatic rings. The third-order valence-corrected chi connectivity index (χ3v) is 4.71. The molecular weight excluding hydrogens is 294 g/mol. The number of Topliss-reactive ketones (excluding diaryl/α,β-unsaturated/α-hetero) is 2. The van der Waals surface area contributed by atoms with Crippen molar-refractivity contribution in [2.45, 2.75) is 39.7 Å². The number of hydrogen-bond acceptors (Lipinski definition) is 6. The van der Waals surface area contributed by atoms with Gasteiger partial charge in [0.1, 0.15) is 22.9 Å². The van der Waals surface area contributed by atoms with Crippen molar-refractivity contribution in [2.75, 3.05) is 11.9 Å². The fourth-order valence-corrected chi connectivity index (χ4v) is 3.47. The van der Waals surface area contributed by atoms with Gasteiger partial charge in [-0.15, -0.1) is 0 Å². The van der Waals surface area contributed by atoms with Crippen LogP contribution in [0, 0.1) is 33.5 Å². The Labute approximate surface area is 133 Å². The molecule has 2 aliphatic rings. The molecular formula is C16H17N5O2. The summed E-state index contributed by atoms with van der Waals surface area (Å²) in [6.45, 7) is 4.17. The molecule has 1 saturated carbocycles. The molecule has 0 aromatic carbocycles. The Hall–Kier alpha value is -2.67. The molecule has 7 heteroatoms. The Kier molecular flexibility index (Phi) is 3.26. The van der Waals surface area contributed by atoms with Gasteiger partial charge in [0.15, 0.2) is 11.6 Å². The van der Waals surface area contributed by atoms with Gasteiger partial charge >= 0.3 is 0 Å². The first kappa shape index (κ1) is 15.2. The first-order valence-electron chi connectivity index (χ1n) is 7.50. The highest BCUT2D eigenvalue weighted by molar-refractivity contribution is 6.10. The van der Waals surface area contributed by atoms with E-state index in [0.29, 0.717) is 29.9 Å². The van der Waals surface area contributed by atoms with Crippen molar-refractivity contribution in [3.05, 3.63) is 11.3 Å². The van der Waals surface area contributed by atoms with Crippen LogP contribution in [0.5, 0.6) is 0 Å². The number of nitrogens with zero attached hydrogens (tertiary/aromatic N) is 4. The topological polar surface area (TPSA) is 112 Å². The zero-order chi connectivity index (χ0) is 16.8. The quantitative estimate of drug-likeness (QED) is 0.780. The SMILES string of the molecule is CC1(C)CC(=O)C2(CNc3c(C#N)c(CC#N)nn3C2)C(=O)C1. The molecule has 2 heterocycles. The summed E-state index contributed by atoms with van der Waals surface area (Å²) in [5, 5.41) is 25.4. The Morgan fingerprint density at radius 2 is 1.91 bits per heavy atom. The van der Waals surface area contributed by atoms with Crippen molar-refractivity contribution in [1.29, 1.82) is 10.5 Å². The summed E-state index contributed by atoms with van der Waals surface area (Å²) in [6.07, 6.45) is 0.729. The van der Waals surface area contributed by atoms with E-state index in [1.54, 1.807) is 0 Å². The van der Waals surface area contributed by atoms with E-state index in [4.69, 9.17) is 5.26 Å². The minimum atomic E-state index is -1.11. The van der Waals surface area contributed by atoms with Gasteiger partial charge in [0, 0.05) is 19.4 Å². The van der Waals surface area contributed by atoms with Crippen LogP contribution in [-0.4, -0.2) is 27.9 Å². The lowest BCUT2D eigenvalue weighted by Crippen LogP contribution is -2.56. The van der Waals surface area contributed by atoms with Crippen molar-refractivity contribution in [3.63, 3.8) is 0 Å². The summed E-state index contributed by atoms with van der Waals surface area (Å²) < 4.78 is 1.50. The smallest absolute Gasteiger partial charge is 0.150 e. The third-order valence-electron chi connectivity index (χ3n) is 4.71. The highest BCUT2D eigenvalue weighted by Crippen LogP contribution is 2.43. The van der Waals surface area contributed by atoms with E-state index in [-0.39, 0.29) is 36.5 Å². The van der Waals surface area contributed by atoms with Gasteiger partial charge in [-0.3, -0.25) is 9.59 Å². The molecule has 118 valence electrons. The van der Waals surface area contributed by atoms with Gasteiger partial charge in [-0.1, -0.05) is 13.8 Å². The maximum Gasteiger partial charge on any atom is 0.150 e. The van der Waals surface area contributed by atoms with E-state index in [2.05, 4.69) is 10.4 Å². The number of aromatic nitrogens is 2. The predicted octanol–water partition coefficient (Wildman–Crippen LogP) is 1.19. The van der Waals surface area contributed by atoms with Gasteiger partial charge in [-0.25, -0.2) is 4.68 Å². The van der Waals surface area contributed by atoms with Crippen LogP contribution in [0.1, 0.15) is 37.9 Å². The number of fused-ring (bicyclic) bond motifs is 1. The number of carbonyl (C=O) groups is 2. The maximum atomic E-state index is 12.7. The van der Waals surface area contributed by atoms with Crippen molar-refractivity contribution in [3.8, 4) is 12.1 Å². The molecule has 0 bridgehead atoms. The van der Waals surface area contributed by atoms with Gasteiger partial charge in [0.05, 0.1) is 24.7 Å². The highest BCUT2D eigenvalue weighted by Gasteiger charge is 2.54. The molecule has 3 rings (SSSR count). The molecule has 0 radical (unpaired) electrons. The first-order chi connectivity index (χ1) is 10.8. The number of ketones is 2. The maximum absolute atomic E-state index is 12.7. The van der Waals surface area contributed by atoms with Gasteiger partial charge in [-0.2, -0.15) is 15.6 Å². The Bertz CT molecular complexity index is 771. The van der Waals surface area contributed by atoms with Crippen molar-refractivity contribution in [2.24, 2.45) is 10.8 Å². The molecule has 0 atom stereocenters. The predicted molar refractivity (Wildman–Crippen MR) is 80.2 cm³/mol. The Morgan fingerprint density at radius 3 is 2.48 bits per heavy atom. The molecule has 23 heavy (non-hydrogen) atoms. The van der Waals surface area contributed by atoms with Crippen LogP contribution in [0.15, 0.2) is 0 Å². The molecule has 0 saturated heterocycles. The zero-order valence-corrected chi connectivity index (χ0v) is 13.1. The fraction of sp³-hybridized carbons (Fsp3) is 0.562. The van der Waals surface area contributed by atoms with Crippen molar-refractivity contribution in [1.82, 2.24) is 9.78 Å². The van der Waals surface area contributed by atoms with Crippen LogP contribution in [0.25, 0.3) is 0 Å². The van der Waals surface area contributed by atoms with Gasteiger partial charge in [-0.05, 0) is 5.41 Å². The van der Waals surface area contributed by atoms with E-state index in [0.717, 1.165) is 0 Å². The average Bonchev–Trinajstić information content (AvgIpc) is 2.80.